The molecular weight excluding hydrogens is 200 g/mol. The average molecular weight is 214 g/mol. The van der Waals surface area contributed by atoms with Crippen LogP contribution in [-0.4, -0.2) is 23.3 Å². The van der Waals surface area contributed by atoms with Gasteiger partial charge in [0, 0.05) is 12.0 Å². The summed E-state index contributed by atoms with van der Waals surface area (Å²) in [5.74, 6) is -2.41. The molecule has 0 aromatic heterocycles. The highest BCUT2D eigenvalue weighted by Crippen LogP contribution is 2.06. The van der Waals surface area contributed by atoms with Gasteiger partial charge in [0.25, 0.3) is 0 Å². The van der Waals surface area contributed by atoms with E-state index in [0.29, 0.717) is 0 Å². The molecule has 15 heavy (non-hydrogen) atoms. The summed E-state index contributed by atoms with van der Waals surface area (Å²) in [4.78, 5) is 21.9. The Labute approximate surface area is 88.0 Å². The third-order valence-corrected chi connectivity index (χ3v) is 1.39. The van der Waals surface area contributed by atoms with Crippen LogP contribution in [-0.2, 0) is 19.1 Å². The number of ether oxygens (including phenoxy) is 2. The quantitative estimate of drug-likeness (QED) is 0.324. The second kappa shape index (κ2) is 5.85. The molecule has 84 valence electrons. The van der Waals surface area contributed by atoms with E-state index >= 15 is 0 Å². The van der Waals surface area contributed by atoms with Gasteiger partial charge in [0.05, 0.1) is 0 Å². The zero-order valence-electron chi connectivity index (χ0n) is 8.78. The number of esters is 2. The molecule has 0 spiro atoms. The summed E-state index contributed by atoms with van der Waals surface area (Å²) in [5, 5.41) is 8.68. The molecule has 0 aliphatic rings. The van der Waals surface area contributed by atoms with Crippen molar-refractivity contribution in [1.29, 1.82) is 0 Å². The van der Waals surface area contributed by atoms with E-state index in [0.717, 1.165) is 0 Å². The minimum atomic E-state index is -1.04. The molecule has 0 saturated heterocycles. The highest BCUT2D eigenvalue weighted by atomic mass is 16.7. The number of hydrogen-bond acceptors (Lipinski definition) is 5. The van der Waals surface area contributed by atoms with Gasteiger partial charge in [-0.2, -0.15) is 0 Å². The molecule has 0 aromatic rings. The summed E-state index contributed by atoms with van der Waals surface area (Å²) in [6.45, 7) is 9.48. The van der Waals surface area contributed by atoms with Crippen molar-refractivity contribution in [2.24, 2.45) is 0 Å². The third-order valence-electron chi connectivity index (χ3n) is 1.39. The lowest BCUT2D eigenvalue weighted by Crippen LogP contribution is -2.24. The molecule has 1 atom stereocenters. The Bertz CT molecular complexity index is 264. The molecule has 0 radical (unpaired) electrons. The Hall–Kier alpha value is -1.78. The molecule has 0 aliphatic heterocycles. The number of aliphatic hydroxyl groups is 1. The minimum absolute atomic E-state index is 0.201. The number of aliphatic hydroxyl groups excluding tert-OH is 1. The highest BCUT2D eigenvalue weighted by Gasteiger charge is 2.18. The monoisotopic (exact) mass is 214 g/mol. The van der Waals surface area contributed by atoms with Crippen LogP contribution in [0.4, 0.5) is 0 Å². The van der Waals surface area contributed by atoms with Crippen LogP contribution >= 0.6 is 0 Å². The van der Waals surface area contributed by atoms with Gasteiger partial charge in [-0.15, -0.1) is 0 Å². The predicted molar refractivity (Wildman–Crippen MR) is 52.8 cm³/mol. The van der Waals surface area contributed by atoms with Crippen LogP contribution < -0.4 is 0 Å². The largest absolute Gasteiger partial charge is 0.502 e. The van der Waals surface area contributed by atoms with Gasteiger partial charge in [0.2, 0.25) is 6.29 Å². The highest BCUT2D eigenvalue weighted by molar-refractivity contribution is 5.87. The second-order valence-corrected chi connectivity index (χ2v) is 2.88. The van der Waals surface area contributed by atoms with Crippen molar-refractivity contribution in [3.05, 3.63) is 24.5 Å². The molecule has 0 amide bonds. The van der Waals surface area contributed by atoms with Gasteiger partial charge in [-0.1, -0.05) is 13.5 Å². The van der Waals surface area contributed by atoms with Crippen LogP contribution in [0.2, 0.25) is 0 Å². The zero-order chi connectivity index (χ0) is 12.0. The van der Waals surface area contributed by atoms with E-state index in [9.17, 15) is 9.59 Å². The van der Waals surface area contributed by atoms with E-state index in [4.69, 9.17) is 9.84 Å². The van der Waals surface area contributed by atoms with Crippen LogP contribution in [0.3, 0.4) is 0 Å². The van der Waals surface area contributed by atoms with Gasteiger partial charge >= 0.3 is 11.9 Å². The fourth-order valence-electron chi connectivity index (χ4n) is 0.598. The average Bonchev–Trinajstić information content (AvgIpc) is 2.15. The standard InChI is InChI=1S/C10H14O5/c1-5-8(14-9(12)6(2)3)15-10(13)7(4)11/h8,11H,2,4-5H2,1,3H3. The van der Waals surface area contributed by atoms with Gasteiger partial charge in [-0.25, -0.2) is 9.59 Å². The molecule has 5 heteroatoms. The number of hydrogen-bond donors (Lipinski definition) is 1. The van der Waals surface area contributed by atoms with Crippen molar-refractivity contribution in [2.75, 3.05) is 0 Å². The van der Waals surface area contributed by atoms with Crippen molar-refractivity contribution in [2.45, 2.75) is 26.6 Å². The van der Waals surface area contributed by atoms with Gasteiger partial charge in [-0.3, -0.25) is 0 Å². The summed E-state index contributed by atoms with van der Waals surface area (Å²) >= 11 is 0. The first-order valence-electron chi connectivity index (χ1n) is 4.33. The van der Waals surface area contributed by atoms with Crippen molar-refractivity contribution in [3.8, 4) is 0 Å². The van der Waals surface area contributed by atoms with Gasteiger partial charge in [0.1, 0.15) is 0 Å². The molecular formula is C10H14O5. The molecule has 0 bridgehead atoms. The fourth-order valence-corrected chi connectivity index (χ4v) is 0.598. The maximum atomic E-state index is 11.1. The van der Waals surface area contributed by atoms with Crippen LogP contribution in [0.1, 0.15) is 20.3 Å². The molecule has 0 aromatic carbocycles. The molecule has 1 unspecified atom stereocenters. The van der Waals surface area contributed by atoms with Crippen molar-refractivity contribution in [1.82, 2.24) is 0 Å². The normalized spacial score (nSPS) is 11.3. The van der Waals surface area contributed by atoms with Gasteiger partial charge in [0.15, 0.2) is 5.76 Å². The Kier molecular flexibility index (Phi) is 5.15. The Morgan fingerprint density at radius 1 is 1.27 bits per heavy atom. The van der Waals surface area contributed by atoms with E-state index in [1.807, 2.05) is 0 Å². The van der Waals surface area contributed by atoms with Crippen LogP contribution in [0.25, 0.3) is 0 Å². The molecule has 0 saturated carbocycles. The lowest BCUT2D eigenvalue weighted by molar-refractivity contribution is -0.184. The van der Waals surface area contributed by atoms with Crippen LogP contribution in [0, 0.1) is 0 Å². The lowest BCUT2D eigenvalue weighted by atomic mass is 10.3. The van der Waals surface area contributed by atoms with Crippen molar-refractivity contribution < 1.29 is 24.2 Å². The maximum Gasteiger partial charge on any atom is 0.375 e. The smallest absolute Gasteiger partial charge is 0.375 e. The van der Waals surface area contributed by atoms with E-state index in [-0.39, 0.29) is 12.0 Å². The van der Waals surface area contributed by atoms with Gasteiger partial charge < -0.3 is 14.6 Å². The first-order valence-corrected chi connectivity index (χ1v) is 4.33. The lowest BCUT2D eigenvalue weighted by Gasteiger charge is -2.16. The molecule has 5 nitrogen and oxygen atoms in total. The molecule has 0 aliphatic carbocycles. The summed E-state index contributed by atoms with van der Waals surface area (Å²) in [6, 6.07) is 0. The summed E-state index contributed by atoms with van der Waals surface area (Å²) in [7, 11) is 0. The summed E-state index contributed by atoms with van der Waals surface area (Å²) < 4.78 is 9.36. The topological polar surface area (TPSA) is 72.8 Å². The van der Waals surface area contributed by atoms with E-state index in [1.165, 1.54) is 6.92 Å². The minimum Gasteiger partial charge on any atom is -0.502 e. The van der Waals surface area contributed by atoms with E-state index in [2.05, 4.69) is 17.9 Å². The van der Waals surface area contributed by atoms with Gasteiger partial charge in [-0.05, 0) is 13.5 Å². The second-order valence-electron chi connectivity index (χ2n) is 2.88. The summed E-state index contributed by atoms with van der Waals surface area (Å²) in [5.41, 5.74) is 0.201. The zero-order valence-corrected chi connectivity index (χ0v) is 8.78. The fraction of sp³-hybridized carbons (Fsp3) is 0.400. The van der Waals surface area contributed by atoms with Crippen molar-refractivity contribution in [3.63, 3.8) is 0 Å². The summed E-state index contributed by atoms with van der Waals surface area (Å²) in [6.07, 6.45) is -0.761. The Morgan fingerprint density at radius 2 is 1.73 bits per heavy atom. The third kappa shape index (κ3) is 4.85. The first-order chi connectivity index (χ1) is 6.88. The molecule has 0 rings (SSSR count). The Balaban J connectivity index is 4.27. The van der Waals surface area contributed by atoms with E-state index in [1.54, 1.807) is 6.92 Å². The molecule has 0 heterocycles. The van der Waals surface area contributed by atoms with Crippen molar-refractivity contribution >= 4 is 11.9 Å². The SMILES string of the molecule is C=C(C)C(=O)OC(CC)OC(=O)C(=C)O. The van der Waals surface area contributed by atoms with Crippen LogP contribution in [0.5, 0.6) is 0 Å². The van der Waals surface area contributed by atoms with E-state index < -0.39 is 24.0 Å². The molecule has 1 N–H and O–H groups in total. The number of carbonyl (C=O) groups excluding carboxylic acids is 2. The Morgan fingerprint density at radius 3 is 2.07 bits per heavy atom. The first kappa shape index (κ1) is 13.2. The van der Waals surface area contributed by atoms with Crippen LogP contribution in [0.15, 0.2) is 24.5 Å². The number of rotatable bonds is 5. The number of carbonyl (C=O) groups is 2. The maximum absolute atomic E-state index is 11.1. The predicted octanol–water partition coefficient (Wildman–Crippen LogP) is 1.46. The molecule has 0 fully saturated rings.